The Hall–Kier alpha value is -1.52. The van der Waals surface area contributed by atoms with Crippen molar-refractivity contribution in [3.05, 3.63) is 11.4 Å². The zero-order valence-corrected chi connectivity index (χ0v) is 11.4. The molecule has 1 amide bonds. The number of rotatable bonds is 5. The number of anilines is 1. The zero-order valence-electron chi connectivity index (χ0n) is 11.4. The Labute approximate surface area is 108 Å². The van der Waals surface area contributed by atoms with Crippen molar-refractivity contribution in [2.24, 2.45) is 7.05 Å². The van der Waals surface area contributed by atoms with Crippen LogP contribution in [0.4, 0.5) is 5.69 Å². The third-order valence-electron chi connectivity index (χ3n) is 3.41. The van der Waals surface area contributed by atoms with E-state index in [2.05, 4.69) is 12.0 Å². The standard InChI is InChI=1S/C13H22N4O/c1-4-8-17(9-6-7-9)13(18)12-11(14)10(5-2)15-16(12)3/h9H,4-8,14H2,1-3H3. The molecule has 0 atom stereocenters. The van der Waals surface area contributed by atoms with E-state index >= 15 is 0 Å². The fourth-order valence-corrected chi connectivity index (χ4v) is 2.32. The molecule has 0 bridgehead atoms. The van der Waals surface area contributed by atoms with Gasteiger partial charge in [-0.3, -0.25) is 9.48 Å². The van der Waals surface area contributed by atoms with Crippen LogP contribution in [0.15, 0.2) is 0 Å². The second-order valence-electron chi connectivity index (χ2n) is 4.92. The van der Waals surface area contributed by atoms with Crippen LogP contribution >= 0.6 is 0 Å². The molecule has 2 N–H and O–H groups in total. The van der Waals surface area contributed by atoms with E-state index in [9.17, 15) is 4.79 Å². The maximum atomic E-state index is 12.6. The van der Waals surface area contributed by atoms with Crippen LogP contribution in [-0.4, -0.2) is 33.2 Å². The second-order valence-corrected chi connectivity index (χ2v) is 4.92. The lowest BCUT2D eigenvalue weighted by Crippen LogP contribution is -2.35. The van der Waals surface area contributed by atoms with Crippen molar-refractivity contribution in [1.29, 1.82) is 0 Å². The largest absolute Gasteiger partial charge is 0.395 e. The molecule has 1 heterocycles. The molecule has 1 aliphatic rings. The van der Waals surface area contributed by atoms with Crippen molar-refractivity contribution in [1.82, 2.24) is 14.7 Å². The Balaban J connectivity index is 2.29. The number of nitrogens with two attached hydrogens (primary N) is 1. The number of aromatic nitrogens is 2. The first-order valence-corrected chi connectivity index (χ1v) is 6.72. The van der Waals surface area contributed by atoms with Gasteiger partial charge in [0.25, 0.3) is 5.91 Å². The molecule has 0 spiro atoms. The molecule has 5 heteroatoms. The molecule has 100 valence electrons. The number of nitrogen functional groups attached to an aromatic ring is 1. The Morgan fingerprint density at radius 2 is 2.17 bits per heavy atom. The third-order valence-corrected chi connectivity index (χ3v) is 3.41. The quantitative estimate of drug-likeness (QED) is 0.863. The number of nitrogens with zero attached hydrogens (tertiary/aromatic N) is 3. The highest BCUT2D eigenvalue weighted by atomic mass is 16.2. The molecule has 0 radical (unpaired) electrons. The summed E-state index contributed by atoms with van der Waals surface area (Å²) in [7, 11) is 1.79. The van der Waals surface area contributed by atoms with Gasteiger partial charge in [0, 0.05) is 19.6 Å². The minimum absolute atomic E-state index is 0.0338. The summed E-state index contributed by atoms with van der Waals surface area (Å²) in [6.07, 6.45) is 3.96. The SMILES string of the molecule is CCCN(C(=O)c1c(N)c(CC)nn1C)C1CC1. The minimum Gasteiger partial charge on any atom is -0.395 e. The van der Waals surface area contributed by atoms with Gasteiger partial charge in [-0.1, -0.05) is 13.8 Å². The smallest absolute Gasteiger partial charge is 0.274 e. The Morgan fingerprint density at radius 3 is 2.61 bits per heavy atom. The summed E-state index contributed by atoms with van der Waals surface area (Å²) in [6.45, 7) is 4.89. The molecule has 0 saturated heterocycles. The fourth-order valence-electron chi connectivity index (χ4n) is 2.32. The van der Waals surface area contributed by atoms with E-state index in [1.807, 2.05) is 11.8 Å². The lowest BCUT2D eigenvalue weighted by Gasteiger charge is -2.21. The molecule has 1 aromatic heterocycles. The molecule has 2 rings (SSSR count). The van der Waals surface area contributed by atoms with Gasteiger partial charge in [-0.05, 0) is 25.7 Å². The molecule has 1 aromatic rings. The van der Waals surface area contributed by atoms with Crippen LogP contribution in [0.2, 0.25) is 0 Å². The molecular formula is C13H22N4O. The minimum atomic E-state index is 0.0338. The van der Waals surface area contributed by atoms with Crippen LogP contribution in [-0.2, 0) is 13.5 Å². The number of carbonyl (C=O) groups excluding carboxylic acids is 1. The highest BCUT2D eigenvalue weighted by Gasteiger charge is 2.34. The topological polar surface area (TPSA) is 64.2 Å². The van der Waals surface area contributed by atoms with Gasteiger partial charge in [0.2, 0.25) is 0 Å². The van der Waals surface area contributed by atoms with Crippen LogP contribution in [0.5, 0.6) is 0 Å². The maximum absolute atomic E-state index is 12.6. The summed E-state index contributed by atoms with van der Waals surface area (Å²) in [5.74, 6) is 0.0338. The van der Waals surface area contributed by atoms with Crippen molar-refractivity contribution in [2.45, 2.75) is 45.6 Å². The van der Waals surface area contributed by atoms with Crippen LogP contribution in [0.25, 0.3) is 0 Å². The first kappa shape index (κ1) is 12.9. The summed E-state index contributed by atoms with van der Waals surface area (Å²) in [4.78, 5) is 14.5. The number of amides is 1. The maximum Gasteiger partial charge on any atom is 0.274 e. The van der Waals surface area contributed by atoms with Crippen molar-refractivity contribution in [2.75, 3.05) is 12.3 Å². The van der Waals surface area contributed by atoms with Crippen LogP contribution < -0.4 is 5.73 Å². The number of aryl methyl sites for hydroxylation is 2. The highest BCUT2D eigenvalue weighted by Crippen LogP contribution is 2.30. The average Bonchev–Trinajstić information content (AvgIpc) is 3.12. The molecule has 0 aliphatic heterocycles. The summed E-state index contributed by atoms with van der Waals surface area (Å²) in [6, 6.07) is 0.414. The zero-order chi connectivity index (χ0) is 13.3. The molecule has 0 aromatic carbocycles. The van der Waals surface area contributed by atoms with Gasteiger partial charge in [0.05, 0.1) is 11.4 Å². The van der Waals surface area contributed by atoms with E-state index in [1.54, 1.807) is 11.7 Å². The molecule has 18 heavy (non-hydrogen) atoms. The average molecular weight is 250 g/mol. The van der Waals surface area contributed by atoms with E-state index in [0.717, 1.165) is 37.9 Å². The van der Waals surface area contributed by atoms with Crippen LogP contribution in [0.3, 0.4) is 0 Å². The van der Waals surface area contributed by atoms with Crippen molar-refractivity contribution in [3.63, 3.8) is 0 Å². The fraction of sp³-hybridized carbons (Fsp3) is 0.692. The van der Waals surface area contributed by atoms with E-state index in [1.165, 1.54) is 0 Å². The summed E-state index contributed by atoms with van der Waals surface area (Å²) in [5, 5.41) is 4.32. The van der Waals surface area contributed by atoms with Crippen molar-refractivity contribution in [3.8, 4) is 0 Å². The predicted octanol–water partition coefficient (Wildman–Crippen LogP) is 1.58. The number of carbonyl (C=O) groups is 1. The van der Waals surface area contributed by atoms with Gasteiger partial charge in [-0.15, -0.1) is 0 Å². The summed E-state index contributed by atoms with van der Waals surface area (Å²) in [5.41, 5.74) is 7.95. The molecule has 1 saturated carbocycles. The normalized spacial score (nSPS) is 14.8. The molecular weight excluding hydrogens is 228 g/mol. The van der Waals surface area contributed by atoms with Gasteiger partial charge in [-0.2, -0.15) is 5.10 Å². The van der Waals surface area contributed by atoms with Crippen molar-refractivity contribution >= 4 is 11.6 Å². The van der Waals surface area contributed by atoms with Gasteiger partial charge in [0.1, 0.15) is 5.69 Å². The summed E-state index contributed by atoms with van der Waals surface area (Å²) >= 11 is 0. The first-order valence-electron chi connectivity index (χ1n) is 6.72. The van der Waals surface area contributed by atoms with E-state index in [-0.39, 0.29) is 5.91 Å². The second kappa shape index (κ2) is 5.00. The molecule has 1 fully saturated rings. The lowest BCUT2D eigenvalue weighted by molar-refractivity contribution is 0.0733. The molecule has 0 unspecified atom stereocenters. The van der Waals surface area contributed by atoms with E-state index < -0.39 is 0 Å². The third kappa shape index (κ3) is 2.21. The monoisotopic (exact) mass is 250 g/mol. The van der Waals surface area contributed by atoms with E-state index in [4.69, 9.17) is 5.73 Å². The van der Waals surface area contributed by atoms with E-state index in [0.29, 0.717) is 17.4 Å². The van der Waals surface area contributed by atoms with Gasteiger partial charge < -0.3 is 10.6 Å². The number of hydrogen-bond acceptors (Lipinski definition) is 3. The Bertz CT molecular complexity index is 448. The molecule has 1 aliphatic carbocycles. The summed E-state index contributed by atoms with van der Waals surface area (Å²) < 4.78 is 1.63. The Morgan fingerprint density at radius 1 is 1.50 bits per heavy atom. The van der Waals surface area contributed by atoms with Gasteiger partial charge >= 0.3 is 0 Å². The Kier molecular flexibility index (Phi) is 3.59. The van der Waals surface area contributed by atoms with Gasteiger partial charge in [-0.25, -0.2) is 0 Å². The lowest BCUT2D eigenvalue weighted by atomic mass is 10.2. The van der Waals surface area contributed by atoms with Crippen LogP contribution in [0, 0.1) is 0 Å². The van der Waals surface area contributed by atoms with Crippen molar-refractivity contribution < 1.29 is 4.79 Å². The van der Waals surface area contributed by atoms with Gasteiger partial charge in [0.15, 0.2) is 0 Å². The number of hydrogen-bond donors (Lipinski definition) is 1. The highest BCUT2D eigenvalue weighted by molar-refractivity contribution is 5.98. The predicted molar refractivity (Wildman–Crippen MR) is 71.3 cm³/mol. The first-order chi connectivity index (χ1) is 8.60. The van der Waals surface area contributed by atoms with Crippen LogP contribution in [0.1, 0.15) is 49.3 Å². The molecule has 5 nitrogen and oxygen atoms in total.